The first-order valence-electron chi connectivity index (χ1n) is 6.80. The molecule has 94 valence electrons. The highest BCUT2D eigenvalue weighted by molar-refractivity contribution is 5.21. The summed E-state index contributed by atoms with van der Waals surface area (Å²) in [4.78, 5) is 0. The number of nitrogens with one attached hydrogen (secondary N) is 1. The maximum Gasteiger partial charge on any atom is 0.0219 e. The van der Waals surface area contributed by atoms with Crippen LogP contribution in [0.2, 0.25) is 0 Å². The van der Waals surface area contributed by atoms with Crippen LogP contribution in [-0.2, 0) is 6.42 Å². The molecule has 2 heteroatoms. The highest BCUT2D eigenvalue weighted by atomic mass is 14.9. The van der Waals surface area contributed by atoms with Crippen LogP contribution in [0.3, 0.4) is 0 Å². The standard InChI is InChI=1S/C15H24N2/c1-12-6-8-13(9-7-12)10-11-17-15-5-3-2-4-14(15)16/h6-9,14-15,17H,2-5,10-11,16H2,1H3. The Morgan fingerprint density at radius 1 is 1.18 bits per heavy atom. The van der Waals surface area contributed by atoms with E-state index in [2.05, 4.69) is 36.5 Å². The molecule has 2 atom stereocenters. The van der Waals surface area contributed by atoms with Crippen LogP contribution in [0.25, 0.3) is 0 Å². The number of aryl methyl sites for hydroxylation is 1. The zero-order valence-electron chi connectivity index (χ0n) is 10.8. The molecule has 0 aromatic heterocycles. The van der Waals surface area contributed by atoms with E-state index >= 15 is 0 Å². The van der Waals surface area contributed by atoms with Gasteiger partial charge in [-0.15, -0.1) is 0 Å². The summed E-state index contributed by atoms with van der Waals surface area (Å²) in [7, 11) is 0. The minimum atomic E-state index is 0.363. The summed E-state index contributed by atoms with van der Waals surface area (Å²) in [5.41, 5.74) is 8.86. The lowest BCUT2D eigenvalue weighted by Crippen LogP contribution is -2.47. The zero-order chi connectivity index (χ0) is 12.1. The van der Waals surface area contributed by atoms with Gasteiger partial charge in [-0.25, -0.2) is 0 Å². The number of hydrogen-bond donors (Lipinski definition) is 2. The molecule has 1 aliphatic rings. The molecule has 17 heavy (non-hydrogen) atoms. The molecule has 0 heterocycles. The van der Waals surface area contributed by atoms with E-state index < -0.39 is 0 Å². The monoisotopic (exact) mass is 232 g/mol. The van der Waals surface area contributed by atoms with Gasteiger partial charge in [0, 0.05) is 12.1 Å². The predicted molar refractivity (Wildman–Crippen MR) is 73.1 cm³/mol. The third kappa shape index (κ3) is 3.83. The lowest BCUT2D eigenvalue weighted by atomic mass is 9.91. The lowest BCUT2D eigenvalue weighted by Gasteiger charge is -2.29. The van der Waals surface area contributed by atoms with Crippen molar-refractivity contribution in [2.24, 2.45) is 5.73 Å². The van der Waals surface area contributed by atoms with Crippen LogP contribution in [0.15, 0.2) is 24.3 Å². The molecule has 0 aliphatic heterocycles. The van der Waals surface area contributed by atoms with Crippen LogP contribution >= 0.6 is 0 Å². The Morgan fingerprint density at radius 3 is 2.59 bits per heavy atom. The van der Waals surface area contributed by atoms with Crippen molar-refractivity contribution in [2.75, 3.05) is 6.54 Å². The molecule has 1 saturated carbocycles. The van der Waals surface area contributed by atoms with Gasteiger partial charge in [-0.1, -0.05) is 42.7 Å². The number of rotatable bonds is 4. The summed E-state index contributed by atoms with van der Waals surface area (Å²) in [5.74, 6) is 0. The fourth-order valence-electron chi connectivity index (χ4n) is 2.57. The largest absolute Gasteiger partial charge is 0.326 e. The van der Waals surface area contributed by atoms with Gasteiger partial charge in [0.05, 0.1) is 0 Å². The smallest absolute Gasteiger partial charge is 0.0219 e. The number of nitrogens with two attached hydrogens (primary N) is 1. The van der Waals surface area contributed by atoms with Crippen LogP contribution in [0.5, 0.6) is 0 Å². The second-order valence-electron chi connectivity index (χ2n) is 5.24. The minimum Gasteiger partial charge on any atom is -0.326 e. The van der Waals surface area contributed by atoms with Gasteiger partial charge < -0.3 is 11.1 Å². The van der Waals surface area contributed by atoms with Crippen molar-refractivity contribution in [3.8, 4) is 0 Å². The molecule has 2 rings (SSSR count). The van der Waals surface area contributed by atoms with E-state index in [-0.39, 0.29) is 0 Å². The van der Waals surface area contributed by atoms with Gasteiger partial charge in [-0.2, -0.15) is 0 Å². The maximum absolute atomic E-state index is 6.12. The Bertz CT molecular complexity index is 331. The molecule has 0 bridgehead atoms. The highest BCUT2D eigenvalue weighted by Crippen LogP contribution is 2.16. The van der Waals surface area contributed by atoms with Gasteiger partial charge in [0.15, 0.2) is 0 Å². The van der Waals surface area contributed by atoms with Gasteiger partial charge in [0.25, 0.3) is 0 Å². The van der Waals surface area contributed by atoms with Crippen molar-refractivity contribution in [1.82, 2.24) is 5.32 Å². The zero-order valence-corrected chi connectivity index (χ0v) is 10.8. The van der Waals surface area contributed by atoms with Crippen molar-refractivity contribution >= 4 is 0 Å². The molecule has 0 radical (unpaired) electrons. The molecular formula is C15H24N2. The van der Waals surface area contributed by atoms with Crippen molar-refractivity contribution in [2.45, 2.75) is 51.1 Å². The quantitative estimate of drug-likeness (QED) is 0.836. The molecule has 1 aromatic carbocycles. The van der Waals surface area contributed by atoms with E-state index in [1.54, 1.807) is 0 Å². The minimum absolute atomic E-state index is 0.363. The predicted octanol–water partition coefficient (Wildman–Crippen LogP) is 2.40. The Hall–Kier alpha value is -0.860. The maximum atomic E-state index is 6.12. The second-order valence-corrected chi connectivity index (χ2v) is 5.24. The van der Waals surface area contributed by atoms with Crippen LogP contribution in [0.1, 0.15) is 36.8 Å². The molecule has 2 nitrogen and oxygen atoms in total. The SMILES string of the molecule is Cc1ccc(CCNC2CCCCC2N)cc1. The summed E-state index contributed by atoms with van der Waals surface area (Å²) in [5, 5.41) is 3.61. The van der Waals surface area contributed by atoms with Crippen LogP contribution in [-0.4, -0.2) is 18.6 Å². The molecular weight excluding hydrogens is 208 g/mol. The second kappa shape index (κ2) is 6.18. The van der Waals surface area contributed by atoms with E-state index in [1.165, 1.54) is 36.8 Å². The topological polar surface area (TPSA) is 38.0 Å². The normalized spacial score (nSPS) is 24.8. The summed E-state index contributed by atoms with van der Waals surface area (Å²) < 4.78 is 0. The van der Waals surface area contributed by atoms with E-state index in [9.17, 15) is 0 Å². The van der Waals surface area contributed by atoms with Crippen LogP contribution in [0, 0.1) is 6.92 Å². The summed E-state index contributed by atoms with van der Waals surface area (Å²) in [6.45, 7) is 3.17. The summed E-state index contributed by atoms with van der Waals surface area (Å²) in [6, 6.07) is 9.70. The van der Waals surface area contributed by atoms with Gasteiger partial charge in [-0.3, -0.25) is 0 Å². The Kier molecular flexibility index (Phi) is 4.57. The first-order valence-corrected chi connectivity index (χ1v) is 6.80. The van der Waals surface area contributed by atoms with Gasteiger partial charge in [0.1, 0.15) is 0 Å². The van der Waals surface area contributed by atoms with Gasteiger partial charge >= 0.3 is 0 Å². The third-order valence-corrected chi connectivity index (χ3v) is 3.76. The average molecular weight is 232 g/mol. The van der Waals surface area contributed by atoms with E-state index in [0.29, 0.717) is 12.1 Å². The van der Waals surface area contributed by atoms with Crippen LogP contribution in [0.4, 0.5) is 0 Å². The molecule has 2 unspecified atom stereocenters. The molecule has 1 aliphatic carbocycles. The molecule has 0 spiro atoms. The van der Waals surface area contributed by atoms with Gasteiger partial charge in [0.2, 0.25) is 0 Å². The third-order valence-electron chi connectivity index (χ3n) is 3.76. The molecule has 1 fully saturated rings. The average Bonchev–Trinajstić information content (AvgIpc) is 2.34. The molecule has 0 saturated heterocycles. The Morgan fingerprint density at radius 2 is 1.88 bits per heavy atom. The number of hydrogen-bond acceptors (Lipinski definition) is 2. The summed E-state index contributed by atoms with van der Waals surface area (Å²) in [6.07, 6.45) is 6.16. The van der Waals surface area contributed by atoms with Crippen molar-refractivity contribution < 1.29 is 0 Å². The van der Waals surface area contributed by atoms with Gasteiger partial charge in [-0.05, 0) is 38.3 Å². The fourth-order valence-corrected chi connectivity index (χ4v) is 2.57. The Balaban J connectivity index is 1.73. The summed E-state index contributed by atoms with van der Waals surface area (Å²) >= 11 is 0. The molecule has 1 aromatic rings. The first-order chi connectivity index (χ1) is 8.25. The Labute approximate surface area is 105 Å². The number of benzene rings is 1. The lowest BCUT2D eigenvalue weighted by molar-refractivity contribution is 0.329. The van der Waals surface area contributed by atoms with Crippen molar-refractivity contribution in [3.63, 3.8) is 0 Å². The molecule has 3 N–H and O–H groups in total. The van der Waals surface area contributed by atoms with E-state index in [4.69, 9.17) is 5.73 Å². The van der Waals surface area contributed by atoms with Crippen molar-refractivity contribution in [3.05, 3.63) is 35.4 Å². The van der Waals surface area contributed by atoms with Crippen LogP contribution < -0.4 is 11.1 Å². The fraction of sp³-hybridized carbons (Fsp3) is 0.600. The highest BCUT2D eigenvalue weighted by Gasteiger charge is 2.20. The van der Waals surface area contributed by atoms with E-state index in [1.807, 2.05) is 0 Å². The first kappa shape index (κ1) is 12.6. The molecule has 0 amide bonds. The van der Waals surface area contributed by atoms with E-state index in [0.717, 1.165) is 13.0 Å². The van der Waals surface area contributed by atoms with Crippen molar-refractivity contribution in [1.29, 1.82) is 0 Å².